The summed E-state index contributed by atoms with van der Waals surface area (Å²) in [6, 6.07) is 12.4. The fourth-order valence-electron chi connectivity index (χ4n) is 3.53. The third kappa shape index (κ3) is 4.08. The topological polar surface area (TPSA) is 85.5 Å². The van der Waals surface area contributed by atoms with Crippen molar-refractivity contribution in [1.29, 1.82) is 0 Å². The van der Waals surface area contributed by atoms with E-state index in [-0.39, 0.29) is 15.8 Å². The Hall–Kier alpha value is -2.42. The fraction of sp³-hybridized carbons (Fsp3) is 0.333. The molecule has 158 valence electrons. The minimum Gasteiger partial charge on any atom is -0.495 e. The van der Waals surface area contributed by atoms with Crippen LogP contribution in [-0.4, -0.2) is 43.1 Å². The van der Waals surface area contributed by atoms with Gasteiger partial charge in [0.25, 0.3) is 5.89 Å². The van der Waals surface area contributed by atoms with Crippen molar-refractivity contribution in [2.75, 3.05) is 20.2 Å². The minimum atomic E-state index is -3.63. The first-order valence-corrected chi connectivity index (χ1v) is 11.4. The maximum atomic E-state index is 13.0. The summed E-state index contributed by atoms with van der Waals surface area (Å²) >= 11 is 6.10. The Morgan fingerprint density at radius 3 is 2.47 bits per heavy atom. The van der Waals surface area contributed by atoms with Crippen molar-refractivity contribution in [1.82, 2.24) is 14.4 Å². The third-order valence-corrected chi connectivity index (χ3v) is 7.51. The number of aromatic nitrogens is 2. The second-order valence-electron chi connectivity index (χ2n) is 7.30. The number of ether oxygens (including phenoxy) is 1. The van der Waals surface area contributed by atoms with E-state index in [1.807, 2.05) is 31.2 Å². The van der Waals surface area contributed by atoms with Crippen LogP contribution in [0.3, 0.4) is 0 Å². The number of nitrogens with zero attached hydrogens (tertiary/aromatic N) is 3. The van der Waals surface area contributed by atoms with E-state index in [9.17, 15) is 8.42 Å². The molecular formula is C21H22ClN3O4S. The van der Waals surface area contributed by atoms with Gasteiger partial charge in [-0.2, -0.15) is 9.29 Å². The number of methoxy groups -OCH3 is 1. The molecule has 30 heavy (non-hydrogen) atoms. The second kappa shape index (κ2) is 8.37. The molecule has 1 aliphatic rings. The molecule has 7 nitrogen and oxygen atoms in total. The number of hydrogen-bond donors (Lipinski definition) is 0. The van der Waals surface area contributed by atoms with Gasteiger partial charge in [-0.05, 0) is 50.1 Å². The first kappa shape index (κ1) is 20.8. The number of benzene rings is 2. The van der Waals surface area contributed by atoms with Gasteiger partial charge in [-0.15, -0.1) is 0 Å². The van der Waals surface area contributed by atoms with Crippen LogP contribution < -0.4 is 4.74 Å². The molecule has 0 atom stereocenters. The Morgan fingerprint density at radius 1 is 1.13 bits per heavy atom. The zero-order valence-corrected chi connectivity index (χ0v) is 18.3. The molecule has 1 fully saturated rings. The maximum Gasteiger partial charge on any atom is 0.257 e. The minimum absolute atomic E-state index is 0.0545. The monoisotopic (exact) mass is 447 g/mol. The molecule has 9 heteroatoms. The van der Waals surface area contributed by atoms with Crippen LogP contribution in [0.15, 0.2) is 51.9 Å². The summed E-state index contributed by atoms with van der Waals surface area (Å²) in [6.07, 6.45) is 1.24. The standard InChI is InChI=1S/C21H22ClN3O4S/c1-14-3-5-16(6-4-14)21-23-20(24-29-21)15-9-11-25(12-10-15)30(26,27)17-7-8-19(28-2)18(22)13-17/h3-8,13,15H,9-12H2,1-2H3. The van der Waals surface area contributed by atoms with Gasteiger partial charge in [-0.3, -0.25) is 0 Å². The van der Waals surface area contributed by atoms with E-state index in [4.69, 9.17) is 20.9 Å². The first-order valence-electron chi connectivity index (χ1n) is 9.63. The van der Waals surface area contributed by atoms with Gasteiger partial charge in [-0.1, -0.05) is 34.5 Å². The molecule has 0 bridgehead atoms. The third-order valence-electron chi connectivity index (χ3n) is 5.32. The molecule has 2 heterocycles. The van der Waals surface area contributed by atoms with E-state index in [0.717, 1.165) is 11.1 Å². The number of aryl methyl sites for hydroxylation is 1. The molecule has 4 rings (SSSR count). The van der Waals surface area contributed by atoms with Crippen molar-refractivity contribution in [2.24, 2.45) is 0 Å². The molecule has 0 spiro atoms. The van der Waals surface area contributed by atoms with Crippen molar-refractivity contribution >= 4 is 21.6 Å². The number of sulfonamides is 1. The molecule has 1 saturated heterocycles. The van der Waals surface area contributed by atoms with Crippen molar-refractivity contribution in [3.8, 4) is 17.2 Å². The van der Waals surface area contributed by atoms with Crippen LogP contribution in [0.25, 0.3) is 11.5 Å². The van der Waals surface area contributed by atoms with Crippen molar-refractivity contribution in [3.63, 3.8) is 0 Å². The zero-order valence-electron chi connectivity index (χ0n) is 16.7. The Kier molecular flexibility index (Phi) is 5.81. The van der Waals surface area contributed by atoms with Gasteiger partial charge in [0.2, 0.25) is 10.0 Å². The molecule has 1 aromatic heterocycles. The first-order chi connectivity index (χ1) is 14.4. The molecule has 0 unspecified atom stereocenters. The average molecular weight is 448 g/mol. The summed E-state index contributed by atoms with van der Waals surface area (Å²) in [5, 5.41) is 4.40. The summed E-state index contributed by atoms with van der Waals surface area (Å²) in [4.78, 5) is 4.69. The molecule has 3 aromatic rings. The highest BCUT2D eigenvalue weighted by molar-refractivity contribution is 7.89. The number of rotatable bonds is 5. The quantitative estimate of drug-likeness (QED) is 0.580. The molecule has 0 aliphatic carbocycles. The van der Waals surface area contributed by atoms with E-state index in [0.29, 0.717) is 43.4 Å². The predicted molar refractivity (Wildman–Crippen MR) is 113 cm³/mol. The highest BCUT2D eigenvalue weighted by atomic mass is 35.5. The van der Waals surface area contributed by atoms with Gasteiger partial charge in [0.15, 0.2) is 5.82 Å². The molecule has 0 saturated carbocycles. The van der Waals surface area contributed by atoms with E-state index in [1.165, 1.54) is 23.5 Å². The highest BCUT2D eigenvalue weighted by Gasteiger charge is 2.32. The summed E-state index contributed by atoms with van der Waals surface area (Å²) < 4.78 is 37.9. The smallest absolute Gasteiger partial charge is 0.257 e. The molecule has 2 aromatic carbocycles. The molecule has 0 radical (unpaired) electrons. The van der Waals surface area contributed by atoms with Gasteiger partial charge in [0.1, 0.15) is 5.75 Å². The number of halogens is 1. The van der Waals surface area contributed by atoms with E-state index >= 15 is 0 Å². The van der Waals surface area contributed by atoms with Crippen LogP contribution in [0.2, 0.25) is 5.02 Å². The Morgan fingerprint density at radius 2 is 1.83 bits per heavy atom. The van der Waals surface area contributed by atoms with Crippen molar-refractivity contribution in [3.05, 3.63) is 58.9 Å². The van der Waals surface area contributed by atoms with Crippen LogP contribution in [0.4, 0.5) is 0 Å². The van der Waals surface area contributed by atoms with Gasteiger partial charge >= 0.3 is 0 Å². The fourth-order valence-corrected chi connectivity index (χ4v) is 5.34. The average Bonchev–Trinajstić information content (AvgIpc) is 3.24. The Labute approximate surface area is 180 Å². The van der Waals surface area contributed by atoms with Gasteiger partial charge in [0.05, 0.1) is 17.0 Å². The van der Waals surface area contributed by atoms with E-state index < -0.39 is 10.0 Å². The van der Waals surface area contributed by atoms with E-state index in [1.54, 1.807) is 6.07 Å². The van der Waals surface area contributed by atoms with Crippen LogP contribution in [-0.2, 0) is 10.0 Å². The molecular weight excluding hydrogens is 426 g/mol. The zero-order chi connectivity index (χ0) is 21.3. The highest BCUT2D eigenvalue weighted by Crippen LogP contribution is 2.33. The summed E-state index contributed by atoms with van der Waals surface area (Å²) in [5.74, 6) is 1.60. The van der Waals surface area contributed by atoms with E-state index in [2.05, 4.69) is 10.1 Å². The lowest BCUT2D eigenvalue weighted by Gasteiger charge is -2.29. The van der Waals surface area contributed by atoms with Gasteiger partial charge in [0, 0.05) is 24.6 Å². The lowest BCUT2D eigenvalue weighted by atomic mass is 9.97. The number of piperidine rings is 1. The van der Waals surface area contributed by atoms with Gasteiger partial charge < -0.3 is 9.26 Å². The summed E-state index contributed by atoms with van der Waals surface area (Å²) in [5.41, 5.74) is 2.03. The van der Waals surface area contributed by atoms with Gasteiger partial charge in [-0.25, -0.2) is 8.42 Å². The van der Waals surface area contributed by atoms with Crippen molar-refractivity contribution < 1.29 is 17.7 Å². The largest absolute Gasteiger partial charge is 0.495 e. The van der Waals surface area contributed by atoms with Crippen LogP contribution >= 0.6 is 11.6 Å². The normalized spacial score (nSPS) is 16.0. The summed E-state index contributed by atoms with van der Waals surface area (Å²) in [6.45, 7) is 2.78. The van der Waals surface area contributed by atoms with Crippen molar-refractivity contribution in [2.45, 2.75) is 30.6 Å². The molecule has 0 N–H and O–H groups in total. The second-order valence-corrected chi connectivity index (χ2v) is 9.64. The molecule has 0 amide bonds. The lowest BCUT2D eigenvalue weighted by Crippen LogP contribution is -2.38. The Bertz CT molecular complexity index is 1140. The lowest BCUT2D eigenvalue weighted by molar-refractivity contribution is 0.307. The van der Waals surface area contributed by atoms with Crippen LogP contribution in [0, 0.1) is 6.92 Å². The molecule has 1 aliphatic heterocycles. The maximum absolute atomic E-state index is 13.0. The SMILES string of the molecule is COc1ccc(S(=O)(=O)N2CCC(c3noc(-c4ccc(C)cc4)n3)CC2)cc1Cl. The summed E-state index contributed by atoms with van der Waals surface area (Å²) in [7, 11) is -2.14. The number of hydrogen-bond acceptors (Lipinski definition) is 6. The van der Waals surface area contributed by atoms with Crippen LogP contribution in [0.1, 0.15) is 30.1 Å². The Balaban J connectivity index is 1.45. The predicted octanol–water partition coefficient (Wildman–Crippen LogP) is 4.28. The van der Waals surface area contributed by atoms with Crippen LogP contribution in [0.5, 0.6) is 5.75 Å².